The standard InChI is InChI=1S/C25H20FN5O/c1-3-23(32-15(2)12-16-9-10-17-6-5-11-28-20(17)13-16)21-14-22-18-7-4-8-19(26)24(18)29-25(27)31(22)30-21/h3-11,13-14H,2,12H2,1H3,(H2,27,29)/b23-3-. The van der Waals surface area contributed by atoms with Crippen molar-refractivity contribution in [2.24, 2.45) is 0 Å². The van der Waals surface area contributed by atoms with Crippen molar-refractivity contribution < 1.29 is 9.13 Å². The summed E-state index contributed by atoms with van der Waals surface area (Å²) >= 11 is 0. The van der Waals surface area contributed by atoms with Crippen LogP contribution in [0.4, 0.5) is 10.3 Å². The number of nitrogens with two attached hydrogens (primary N) is 1. The Morgan fingerprint density at radius 3 is 2.91 bits per heavy atom. The summed E-state index contributed by atoms with van der Waals surface area (Å²) in [6.45, 7) is 5.92. The predicted molar refractivity (Wildman–Crippen MR) is 124 cm³/mol. The van der Waals surface area contributed by atoms with E-state index in [4.69, 9.17) is 10.5 Å². The average molecular weight is 425 g/mol. The van der Waals surface area contributed by atoms with Crippen molar-refractivity contribution in [1.82, 2.24) is 19.6 Å². The number of benzene rings is 2. The molecule has 158 valence electrons. The number of halogens is 1. The van der Waals surface area contributed by atoms with E-state index in [0.29, 0.717) is 34.5 Å². The predicted octanol–water partition coefficient (Wildman–Crippen LogP) is 5.29. The quantitative estimate of drug-likeness (QED) is 0.387. The zero-order chi connectivity index (χ0) is 22.2. The first kappa shape index (κ1) is 19.7. The van der Waals surface area contributed by atoms with E-state index in [0.717, 1.165) is 16.5 Å². The van der Waals surface area contributed by atoms with Crippen molar-refractivity contribution in [3.05, 3.63) is 96.3 Å². The van der Waals surface area contributed by atoms with E-state index < -0.39 is 5.82 Å². The van der Waals surface area contributed by atoms with E-state index in [1.54, 1.807) is 24.4 Å². The Bertz CT molecular complexity index is 1540. The van der Waals surface area contributed by atoms with Gasteiger partial charge in [-0.3, -0.25) is 4.98 Å². The Morgan fingerprint density at radius 2 is 2.06 bits per heavy atom. The van der Waals surface area contributed by atoms with E-state index in [2.05, 4.69) is 21.6 Å². The Balaban J connectivity index is 1.44. The molecular formula is C25H20FN5O. The maximum Gasteiger partial charge on any atom is 0.222 e. The highest BCUT2D eigenvalue weighted by molar-refractivity contribution is 5.95. The molecule has 0 fully saturated rings. The Hall–Kier alpha value is -4.26. The van der Waals surface area contributed by atoms with E-state index in [1.165, 1.54) is 10.6 Å². The molecule has 0 aliphatic rings. The van der Waals surface area contributed by atoms with Gasteiger partial charge in [0.25, 0.3) is 0 Å². The smallest absolute Gasteiger partial charge is 0.222 e. The zero-order valence-electron chi connectivity index (χ0n) is 17.4. The second-order valence-corrected chi connectivity index (χ2v) is 7.43. The van der Waals surface area contributed by atoms with Gasteiger partial charge in [0, 0.05) is 23.4 Å². The van der Waals surface area contributed by atoms with Gasteiger partial charge in [0.05, 0.1) is 11.0 Å². The summed E-state index contributed by atoms with van der Waals surface area (Å²) in [5, 5.41) is 6.23. The minimum atomic E-state index is -0.430. The highest BCUT2D eigenvalue weighted by atomic mass is 19.1. The van der Waals surface area contributed by atoms with E-state index in [9.17, 15) is 4.39 Å². The normalized spacial score (nSPS) is 12.0. The van der Waals surface area contributed by atoms with Crippen molar-refractivity contribution in [2.45, 2.75) is 13.3 Å². The number of hydrogen-bond donors (Lipinski definition) is 1. The molecule has 6 nitrogen and oxygen atoms in total. The number of fused-ring (bicyclic) bond motifs is 4. The van der Waals surface area contributed by atoms with Gasteiger partial charge in [-0.05, 0) is 42.8 Å². The van der Waals surface area contributed by atoms with Crippen molar-refractivity contribution in [2.75, 3.05) is 5.73 Å². The van der Waals surface area contributed by atoms with Gasteiger partial charge in [0.1, 0.15) is 28.5 Å². The zero-order valence-corrected chi connectivity index (χ0v) is 17.4. The number of anilines is 1. The van der Waals surface area contributed by atoms with Crippen LogP contribution in [0.5, 0.6) is 0 Å². The van der Waals surface area contributed by atoms with Gasteiger partial charge in [-0.2, -0.15) is 9.61 Å². The van der Waals surface area contributed by atoms with Crippen LogP contribution in [0.25, 0.3) is 33.1 Å². The fourth-order valence-electron chi connectivity index (χ4n) is 3.77. The summed E-state index contributed by atoms with van der Waals surface area (Å²) in [7, 11) is 0. The molecule has 7 heteroatoms. The molecule has 0 bridgehead atoms. The number of ether oxygens (including phenoxy) is 1. The first-order valence-corrected chi connectivity index (χ1v) is 10.1. The van der Waals surface area contributed by atoms with Crippen molar-refractivity contribution in [3.8, 4) is 0 Å². The van der Waals surface area contributed by atoms with Gasteiger partial charge >= 0.3 is 0 Å². The first-order chi connectivity index (χ1) is 15.5. The molecule has 2 N–H and O–H groups in total. The van der Waals surface area contributed by atoms with E-state index in [-0.39, 0.29) is 11.5 Å². The maximum atomic E-state index is 14.2. The van der Waals surface area contributed by atoms with Gasteiger partial charge in [-0.1, -0.05) is 36.9 Å². The lowest BCUT2D eigenvalue weighted by molar-refractivity contribution is 0.371. The third-order valence-corrected chi connectivity index (χ3v) is 5.26. The molecule has 0 aliphatic heterocycles. The number of nitrogens with zero attached hydrogens (tertiary/aromatic N) is 4. The average Bonchev–Trinajstić information content (AvgIpc) is 3.24. The van der Waals surface area contributed by atoms with Crippen LogP contribution in [-0.2, 0) is 11.2 Å². The number of hydrogen-bond acceptors (Lipinski definition) is 5. The monoisotopic (exact) mass is 425 g/mol. The van der Waals surface area contributed by atoms with Crippen molar-refractivity contribution in [1.29, 1.82) is 0 Å². The summed E-state index contributed by atoms with van der Waals surface area (Å²) in [5.74, 6) is 0.760. The molecule has 0 spiro atoms. The fourth-order valence-corrected chi connectivity index (χ4v) is 3.77. The fraction of sp³-hybridized carbons (Fsp3) is 0.0800. The number of aromatic nitrogens is 4. The molecule has 2 aromatic carbocycles. The molecule has 3 heterocycles. The van der Waals surface area contributed by atoms with Crippen molar-refractivity contribution in [3.63, 3.8) is 0 Å². The molecule has 0 atom stereocenters. The Kier molecular flexibility index (Phi) is 4.78. The lowest BCUT2D eigenvalue weighted by Gasteiger charge is -2.11. The lowest BCUT2D eigenvalue weighted by Crippen LogP contribution is -2.03. The van der Waals surface area contributed by atoms with Gasteiger partial charge in [-0.25, -0.2) is 9.37 Å². The molecule has 0 saturated heterocycles. The van der Waals surface area contributed by atoms with Gasteiger partial charge < -0.3 is 10.5 Å². The molecule has 0 radical (unpaired) electrons. The van der Waals surface area contributed by atoms with Crippen LogP contribution in [0.1, 0.15) is 18.2 Å². The van der Waals surface area contributed by atoms with Crippen LogP contribution < -0.4 is 5.73 Å². The Morgan fingerprint density at radius 1 is 1.19 bits per heavy atom. The summed E-state index contributed by atoms with van der Waals surface area (Å²) in [6, 6.07) is 16.6. The number of rotatable bonds is 5. The highest BCUT2D eigenvalue weighted by Crippen LogP contribution is 2.27. The third-order valence-electron chi connectivity index (χ3n) is 5.26. The van der Waals surface area contributed by atoms with Gasteiger partial charge in [-0.15, -0.1) is 0 Å². The topological polar surface area (TPSA) is 78.3 Å². The third kappa shape index (κ3) is 3.43. The van der Waals surface area contributed by atoms with Crippen LogP contribution >= 0.6 is 0 Å². The Labute approximate surface area is 183 Å². The van der Waals surface area contributed by atoms with Gasteiger partial charge in [0.2, 0.25) is 5.95 Å². The van der Waals surface area contributed by atoms with Gasteiger partial charge in [0.15, 0.2) is 0 Å². The number of pyridine rings is 1. The number of nitrogen functional groups attached to an aromatic ring is 1. The van der Waals surface area contributed by atoms with E-state index >= 15 is 0 Å². The number of para-hydroxylation sites is 1. The van der Waals surface area contributed by atoms with Crippen molar-refractivity contribution >= 4 is 39.0 Å². The molecule has 32 heavy (non-hydrogen) atoms. The maximum absolute atomic E-state index is 14.2. The second-order valence-electron chi connectivity index (χ2n) is 7.43. The largest absolute Gasteiger partial charge is 0.460 e. The first-order valence-electron chi connectivity index (χ1n) is 10.1. The van der Waals surface area contributed by atoms with Crippen LogP contribution in [0, 0.1) is 5.82 Å². The van der Waals surface area contributed by atoms with Crippen LogP contribution in [0.2, 0.25) is 0 Å². The highest BCUT2D eigenvalue weighted by Gasteiger charge is 2.16. The second kappa shape index (κ2) is 7.77. The van der Waals surface area contributed by atoms with Crippen LogP contribution in [-0.4, -0.2) is 19.6 Å². The number of allylic oxidation sites excluding steroid dienone is 2. The SMILES string of the molecule is C=C(Cc1ccc2cccnc2c1)O/C(=C\C)c1cc2c3cccc(F)c3nc(N)n2n1. The molecule has 0 saturated carbocycles. The summed E-state index contributed by atoms with van der Waals surface area (Å²) in [4.78, 5) is 8.56. The summed E-state index contributed by atoms with van der Waals surface area (Å²) < 4.78 is 21.7. The molecule has 3 aromatic heterocycles. The molecular weight excluding hydrogens is 405 g/mol. The lowest BCUT2D eigenvalue weighted by atomic mass is 10.1. The minimum Gasteiger partial charge on any atom is -0.460 e. The molecule has 0 aliphatic carbocycles. The summed E-state index contributed by atoms with van der Waals surface area (Å²) in [5.41, 5.74) is 9.41. The molecule has 5 rings (SSSR count). The van der Waals surface area contributed by atoms with Crippen LogP contribution in [0.15, 0.2) is 79.2 Å². The summed E-state index contributed by atoms with van der Waals surface area (Å²) in [6.07, 6.45) is 4.10. The molecule has 5 aromatic rings. The molecule has 0 amide bonds. The van der Waals surface area contributed by atoms with Crippen LogP contribution in [0.3, 0.4) is 0 Å². The molecule has 0 unspecified atom stereocenters. The van der Waals surface area contributed by atoms with E-state index in [1.807, 2.05) is 43.3 Å². The minimum absolute atomic E-state index is 0.0989.